The minimum Gasteiger partial charge on any atom is -0.435 e. The maximum absolute atomic E-state index is 11.5. The van der Waals surface area contributed by atoms with Crippen LogP contribution in [0.25, 0.3) is 0 Å². The molecule has 0 bridgehead atoms. The molecule has 5 N–H and O–H groups in total. The fraction of sp³-hybridized carbons (Fsp3) is 0.722. The van der Waals surface area contributed by atoms with E-state index in [2.05, 4.69) is 11.7 Å². The van der Waals surface area contributed by atoms with E-state index in [1.165, 1.54) is 6.26 Å². The van der Waals surface area contributed by atoms with E-state index in [-0.39, 0.29) is 6.42 Å². The van der Waals surface area contributed by atoms with Crippen LogP contribution >= 0.6 is 0 Å². The molecule has 4 atom stereocenters. The Bertz CT molecular complexity index is 505. The maximum atomic E-state index is 11.5. The van der Waals surface area contributed by atoms with Crippen molar-refractivity contribution in [3.63, 3.8) is 0 Å². The van der Waals surface area contributed by atoms with Gasteiger partial charge in [-0.05, 0) is 18.9 Å². The second-order valence-corrected chi connectivity index (χ2v) is 6.18. The van der Waals surface area contributed by atoms with Gasteiger partial charge in [-0.1, -0.05) is 26.2 Å². The van der Waals surface area contributed by atoms with Gasteiger partial charge in [-0.2, -0.15) is 0 Å². The number of allylic oxidation sites excluding steroid dienone is 1. The molecule has 10 nitrogen and oxygen atoms in total. The van der Waals surface area contributed by atoms with E-state index in [0.717, 1.165) is 32.1 Å². The molecular weight excluding hydrogens is 376 g/mol. The Morgan fingerprint density at radius 2 is 1.57 bits per heavy atom. The number of carbonyl (C=O) groups is 3. The first-order valence-electron chi connectivity index (χ1n) is 9.16. The van der Waals surface area contributed by atoms with Crippen LogP contribution in [0.5, 0.6) is 0 Å². The van der Waals surface area contributed by atoms with E-state index >= 15 is 0 Å². The van der Waals surface area contributed by atoms with Crippen LogP contribution in [0.1, 0.15) is 51.9 Å². The number of carbonyl (C=O) groups excluding carboxylic acids is 3. The first kappa shape index (κ1) is 26.1. The Morgan fingerprint density at radius 1 is 0.929 bits per heavy atom. The molecule has 0 heterocycles. The van der Waals surface area contributed by atoms with Crippen LogP contribution in [0, 0.1) is 0 Å². The van der Waals surface area contributed by atoms with Crippen LogP contribution in [0.15, 0.2) is 12.3 Å². The molecule has 0 saturated heterocycles. The molecular formula is C18H30O10. The minimum atomic E-state index is -2.33. The van der Waals surface area contributed by atoms with Gasteiger partial charge in [0.1, 0.15) is 18.3 Å². The van der Waals surface area contributed by atoms with Crippen molar-refractivity contribution in [2.75, 3.05) is 6.61 Å². The zero-order chi connectivity index (χ0) is 21.5. The summed E-state index contributed by atoms with van der Waals surface area (Å²) >= 11 is 0. The lowest BCUT2D eigenvalue weighted by atomic mass is 10.0. The number of unbranched alkanes of at least 4 members (excludes halogenated alkanes) is 4. The Labute approximate surface area is 163 Å². The fourth-order valence-electron chi connectivity index (χ4n) is 2.03. The van der Waals surface area contributed by atoms with Crippen LogP contribution in [0.3, 0.4) is 0 Å². The topological polar surface area (TPSA) is 171 Å². The van der Waals surface area contributed by atoms with Crippen LogP contribution in [-0.4, -0.2) is 74.5 Å². The largest absolute Gasteiger partial charge is 0.435 e. The normalized spacial score (nSPS) is 15.6. The van der Waals surface area contributed by atoms with Gasteiger partial charge in [-0.3, -0.25) is 9.59 Å². The van der Waals surface area contributed by atoms with Crippen molar-refractivity contribution >= 4 is 17.9 Å². The zero-order valence-electron chi connectivity index (χ0n) is 15.9. The van der Waals surface area contributed by atoms with Gasteiger partial charge in [-0.15, -0.1) is 0 Å². The third-order valence-corrected chi connectivity index (χ3v) is 3.76. The fourth-order valence-corrected chi connectivity index (χ4v) is 2.03. The molecule has 0 radical (unpaired) electrons. The average molecular weight is 406 g/mol. The van der Waals surface area contributed by atoms with Gasteiger partial charge < -0.3 is 35.0 Å². The lowest BCUT2D eigenvalue weighted by Crippen LogP contribution is -2.49. The first-order valence-corrected chi connectivity index (χ1v) is 9.16. The maximum Gasteiger partial charge on any atom is 0.345 e. The van der Waals surface area contributed by atoms with Crippen LogP contribution < -0.4 is 0 Å². The van der Waals surface area contributed by atoms with Gasteiger partial charge in [0.25, 0.3) is 0 Å². The molecule has 10 heteroatoms. The summed E-state index contributed by atoms with van der Waals surface area (Å²) in [6.45, 7) is 1.18. The number of aliphatic hydroxyl groups excluding tert-OH is 5. The van der Waals surface area contributed by atoms with Crippen molar-refractivity contribution in [2.24, 2.45) is 0 Å². The van der Waals surface area contributed by atoms with Gasteiger partial charge in [0.15, 0.2) is 6.10 Å². The quantitative estimate of drug-likeness (QED) is 0.107. The smallest absolute Gasteiger partial charge is 0.345 e. The van der Waals surface area contributed by atoms with Crippen molar-refractivity contribution in [1.82, 2.24) is 0 Å². The Balaban J connectivity index is 4.14. The van der Waals surface area contributed by atoms with Crippen LogP contribution in [0.4, 0.5) is 0 Å². The molecule has 162 valence electrons. The number of hydrogen-bond donors (Lipinski definition) is 5. The predicted molar refractivity (Wildman–Crippen MR) is 95.4 cm³/mol. The van der Waals surface area contributed by atoms with Gasteiger partial charge in [-0.25, -0.2) is 4.79 Å². The molecule has 0 rings (SSSR count). The monoisotopic (exact) mass is 406 g/mol. The second-order valence-electron chi connectivity index (χ2n) is 6.18. The molecule has 0 aliphatic carbocycles. The number of aliphatic hydroxyl groups is 5. The molecule has 0 unspecified atom stereocenters. The zero-order valence-corrected chi connectivity index (χ0v) is 15.9. The standard InChI is InChI=1S/C18H30O10/c1-2-3-4-5-6-7-10-27-13(21)8-9-14(22)28-18(26)17(25)16(24)15(23)12(20)11-19/h7,10,12,15-17,19-20,23-25H,2-6,8-9,11H2,1H3/t12-,15-,16+,17-/m1/s1. The second kappa shape index (κ2) is 15.1. The predicted octanol–water partition coefficient (Wildman–Crippen LogP) is -0.700. The number of rotatable bonds is 14. The highest BCUT2D eigenvalue weighted by atomic mass is 16.6. The first-order chi connectivity index (χ1) is 13.2. The van der Waals surface area contributed by atoms with Crippen LogP contribution in [-0.2, 0) is 23.9 Å². The summed E-state index contributed by atoms with van der Waals surface area (Å²) in [6, 6.07) is 0. The van der Waals surface area contributed by atoms with Gasteiger partial charge in [0, 0.05) is 0 Å². The van der Waals surface area contributed by atoms with Crippen LogP contribution in [0.2, 0.25) is 0 Å². The Hall–Kier alpha value is -1.85. The van der Waals surface area contributed by atoms with Crippen molar-refractivity contribution in [1.29, 1.82) is 0 Å². The highest BCUT2D eigenvalue weighted by Crippen LogP contribution is 2.08. The number of ether oxygens (including phenoxy) is 2. The van der Waals surface area contributed by atoms with Crippen molar-refractivity contribution in [3.05, 3.63) is 12.3 Å². The van der Waals surface area contributed by atoms with Crippen molar-refractivity contribution in [3.8, 4) is 0 Å². The van der Waals surface area contributed by atoms with Crippen molar-refractivity contribution in [2.45, 2.75) is 76.3 Å². The van der Waals surface area contributed by atoms with E-state index in [9.17, 15) is 29.7 Å². The highest BCUT2D eigenvalue weighted by Gasteiger charge is 2.36. The molecule has 0 amide bonds. The van der Waals surface area contributed by atoms with E-state index in [1.54, 1.807) is 6.08 Å². The summed E-state index contributed by atoms with van der Waals surface area (Å²) < 4.78 is 9.03. The minimum absolute atomic E-state index is 0.364. The van der Waals surface area contributed by atoms with E-state index in [4.69, 9.17) is 14.9 Å². The molecule has 0 saturated carbocycles. The number of hydrogen-bond acceptors (Lipinski definition) is 10. The molecule has 0 aliphatic heterocycles. The summed E-state index contributed by atoms with van der Waals surface area (Å²) in [5.41, 5.74) is 0. The average Bonchev–Trinajstić information content (AvgIpc) is 2.69. The highest BCUT2D eigenvalue weighted by molar-refractivity contribution is 5.89. The summed E-state index contributed by atoms with van der Waals surface area (Å²) in [4.78, 5) is 34.5. The summed E-state index contributed by atoms with van der Waals surface area (Å²) in [5, 5.41) is 46.2. The summed E-state index contributed by atoms with van der Waals surface area (Å²) in [6.07, 6.45) is -1.19. The van der Waals surface area contributed by atoms with Gasteiger partial charge in [0.2, 0.25) is 0 Å². The lowest BCUT2D eigenvalue weighted by Gasteiger charge is -2.24. The third-order valence-electron chi connectivity index (χ3n) is 3.76. The molecule has 0 aromatic rings. The molecule has 0 fully saturated rings. The van der Waals surface area contributed by atoms with E-state index in [0.29, 0.717) is 0 Å². The van der Waals surface area contributed by atoms with E-state index in [1.807, 2.05) is 0 Å². The Kier molecular flexibility index (Phi) is 14.1. The lowest BCUT2D eigenvalue weighted by molar-refractivity contribution is -0.177. The molecule has 0 spiro atoms. The summed E-state index contributed by atoms with van der Waals surface area (Å²) in [5.74, 6) is -3.42. The van der Waals surface area contributed by atoms with Crippen molar-refractivity contribution < 1.29 is 49.4 Å². The summed E-state index contributed by atoms with van der Waals surface area (Å²) in [7, 11) is 0. The van der Waals surface area contributed by atoms with Gasteiger partial charge >= 0.3 is 17.9 Å². The van der Waals surface area contributed by atoms with E-state index < -0.39 is 55.4 Å². The Morgan fingerprint density at radius 3 is 2.18 bits per heavy atom. The molecule has 0 aliphatic rings. The molecule has 28 heavy (non-hydrogen) atoms. The third kappa shape index (κ3) is 11.1. The SMILES string of the molecule is CCCCCCC=COC(=O)CCC(=O)OC(=O)[C@H](O)[C@@H](O)[C@H](O)[C@H](O)CO. The molecule has 0 aromatic carbocycles. The van der Waals surface area contributed by atoms with Gasteiger partial charge in [0.05, 0.1) is 25.7 Å². The number of esters is 3. The molecule has 0 aromatic heterocycles.